The van der Waals surface area contributed by atoms with Gasteiger partial charge in [-0.1, -0.05) is 6.42 Å². The van der Waals surface area contributed by atoms with E-state index >= 15 is 0 Å². The summed E-state index contributed by atoms with van der Waals surface area (Å²) in [5.74, 6) is 0.0365. The van der Waals surface area contributed by atoms with Crippen molar-refractivity contribution >= 4 is 17.2 Å². The smallest absolute Gasteiger partial charge is 0.261 e. The number of aromatic nitrogens is 2. The number of aryl methyl sites for hydroxylation is 3. The molecule has 24 heavy (non-hydrogen) atoms. The number of hydrogen-bond acceptors (Lipinski definition) is 4. The van der Waals surface area contributed by atoms with E-state index in [1.54, 1.807) is 11.3 Å². The van der Waals surface area contributed by atoms with Crippen LogP contribution in [-0.2, 0) is 32.5 Å². The Morgan fingerprint density at radius 1 is 1.25 bits per heavy atom. The topological polar surface area (TPSA) is 59.0 Å². The maximum atomic E-state index is 12.5. The highest BCUT2D eigenvalue weighted by atomic mass is 32.1. The van der Waals surface area contributed by atoms with Gasteiger partial charge in [-0.15, -0.1) is 11.3 Å². The van der Waals surface area contributed by atoms with E-state index in [2.05, 4.69) is 32.5 Å². The first-order valence-electron chi connectivity index (χ1n) is 8.96. The van der Waals surface area contributed by atoms with Gasteiger partial charge in [0.2, 0.25) is 0 Å². The number of fused-ring (bicyclic) bond motifs is 2. The number of rotatable bonds is 3. The fourth-order valence-electron chi connectivity index (χ4n) is 3.54. The number of carbonyl (C=O) groups is 1. The Morgan fingerprint density at radius 3 is 3.12 bits per heavy atom. The summed E-state index contributed by atoms with van der Waals surface area (Å²) in [5, 5.41) is 11.1. The zero-order valence-electron chi connectivity index (χ0n) is 13.9. The number of carbonyl (C=O) groups excluding carboxylic acids is 1. The highest BCUT2D eigenvalue weighted by molar-refractivity contribution is 7.14. The molecule has 2 aromatic heterocycles. The lowest BCUT2D eigenvalue weighted by Gasteiger charge is -2.01. The van der Waals surface area contributed by atoms with Crippen LogP contribution in [0.4, 0.5) is 0 Å². The van der Waals surface area contributed by atoms with E-state index in [9.17, 15) is 4.79 Å². The molecule has 2 aliphatic rings. The van der Waals surface area contributed by atoms with E-state index < -0.39 is 0 Å². The first-order valence-corrected chi connectivity index (χ1v) is 9.77. The van der Waals surface area contributed by atoms with Crippen LogP contribution in [0.15, 0.2) is 12.1 Å². The van der Waals surface area contributed by atoms with Crippen molar-refractivity contribution in [2.45, 2.75) is 58.2 Å². The van der Waals surface area contributed by atoms with E-state index in [1.165, 1.54) is 35.4 Å². The van der Waals surface area contributed by atoms with Gasteiger partial charge in [0.05, 0.1) is 22.8 Å². The standard InChI is InChI=1S/C18H24N4OS/c23-18(17-9-13-5-2-1-3-6-16(13)24-17)20-11-14-10-15-12-19-7-4-8-22(15)21-14/h9-10,19H,1-8,11-12H2,(H,20,23). The van der Waals surface area contributed by atoms with Crippen LogP contribution in [-0.4, -0.2) is 22.2 Å². The molecule has 0 bridgehead atoms. The molecule has 4 rings (SSSR count). The average molecular weight is 344 g/mol. The summed E-state index contributed by atoms with van der Waals surface area (Å²) in [6.07, 6.45) is 7.17. The molecule has 1 amide bonds. The van der Waals surface area contributed by atoms with Gasteiger partial charge >= 0.3 is 0 Å². The van der Waals surface area contributed by atoms with Gasteiger partial charge in [-0.25, -0.2) is 0 Å². The largest absolute Gasteiger partial charge is 0.346 e. The van der Waals surface area contributed by atoms with Gasteiger partial charge in [-0.3, -0.25) is 9.48 Å². The monoisotopic (exact) mass is 344 g/mol. The predicted octanol–water partition coefficient (Wildman–Crippen LogP) is 2.64. The maximum absolute atomic E-state index is 12.5. The minimum atomic E-state index is 0.0365. The summed E-state index contributed by atoms with van der Waals surface area (Å²) in [6, 6.07) is 4.20. The van der Waals surface area contributed by atoms with E-state index in [4.69, 9.17) is 0 Å². The van der Waals surface area contributed by atoms with Crippen LogP contribution in [0.2, 0.25) is 0 Å². The number of amides is 1. The SMILES string of the molecule is O=C(NCc1cc2n(n1)CCCNC2)c1cc2c(s1)CCCCC2. The average Bonchev–Trinajstić information content (AvgIpc) is 3.02. The molecule has 2 N–H and O–H groups in total. The zero-order chi connectivity index (χ0) is 16.4. The van der Waals surface area contributed by atoms with Gasteiger partial charge in [0.25, 0.3) is 5.91 Å². The second-order valence-electron chi connectivity index (χ2n) is 6.68. The summed E-state index contributed by atoms with van der Waals surface area (Å²) in [4.78, 5) is 14.7. The van der Waals surface area contributed by atoms with Crippen LogP contribution in [0.1, 0.15) is 57.2 Å². The van der Waals surface area contributed by atoms with E-state index in [-0.39, 0.29) is 5.91 Å². The lowest BCUT2D eigenvalue weighted by atomic mass is 10.1. The molecule has 1 aliphatic carbocycles. The van der Waals surface area contributed by atoms with Crippen LogP contribution in [0.3, 0.4) is 0 Å². The first kappa shape index (κ1) is 15.8. The van der Waals surface area contributed by atoms with Gasteiger partial charge in [0, 0.05) is 18.0 Å². The molecular weight excluding hydrogens is 320 g/mol. The lowest BCUT2D eigenvalue weighted by Crippen LogP contribution is -2.22. The fourth-order valence-corrected chi connectivity index (χ4v) is 4.71. The maximum Gasteiger partial charge on any atom is 0.261 e. The summed E-state index contributed by atoms with van der Waals surface area (Å²) in [5.41, 5.74) is 3.54. The molecule has 1 aliphatic heterocycles. The Hall–Kier alpha value is -1.66. The Kier molecular flexibility index (Phi) is 4.67. The molecule has 128 valence electrons. The molecular formula is C18H24N4OS. The molecule has 3 heterocycles. The summed E-state index contributed by atoms with van der Waals surface area (Å²) in [7, 11) is 0. The Balaban J connectivity index is 1.40. The second-order valence-corrected chi connectivity index (χ2v) is 7.82. The molecule has 0 saturated heterocycles. The van der Waals surface area contributed by atoms with Crippen LogP contribution in [0.25, 0.3) is 0 Å². The highest BCUT2D eigenvalue weighted by Crippen LogP contribution is 2.28. The Labute approximate surface area is 146 Å². The van der Waals surface area contributed by atoms with Crippen molar-refractivity contribution in [2.75, 3.05) is 6.54 Å². The number of thiophene rings is 1. The Morgan fingerprint density at radius 2 is 2.17 bits per heavy atom. The van der Waals surface area contributed by atoms with Gasteiger partial charge < -0.3 is 10.6 Å². The number of hydrogen-bond donors (Lipinski definition) is 2. The van der Waals surface area contributed by atoms with Crippen LogP contribution in [0.5, 0.6) is 0 Å². The number of nitrogens with one attached hydrogen (secondary N) is 2. The quantitative estimate of drug-likeness (QED) is 0.842. The summed E-state index contributed by atoms with van der Waals surface area (Å²) in [6.45, 7) is 3.35. The van der Waals surface area contributed by atoms with Crippen molar-refractivity contribution in [1.29, 1.82) is 0 Å². The molecule has 0 radical (unpaired) electrons. The van der Waals surface area contributed by atoms with Crippen molar-refractivity contribution < 1.29 is 4.79 Å². The normalized spacial score (nSPS) is 17.5. The van der Waals surface area contributed by atoms with Crippen molar-refractivity contribution in [3.63, 3.8) is 0 Å². The van der Waals surface area contributed by atoms with E-state index in [1.807, 2.05) is 0 Å². The van der Waals surface area contributed by atoms with Crippen LogP contribution < -0.4 is 10.6 Å². The van der Waals surface area contributed by atoms with E-state index in [0.717, 1.165) is 49.5 Å². The Bertz CT molecular complexity index is 686. The molecule has 0 aromatic carbocycles. The minimum absolute atomic E-state index is 0.0365. The van der Waals surface area contributed by atoms with E-state index in [0.29, 0.717) is 6.54 Å². The van der Waals surface area contributed by atoms with Gasteiger partial charge in [0.1, 0.15) is 0 Å². The molecule has 2 aromatic rings. The van der Waals surface area contributed by atoms with Crippen LogP contribution in [0, 0.1) is 0 Å². The molecule has 6 heteroatoms. The van der Waals surface area contributed by atoms with Crippen molar-refractivity contribution in [1.82, 2.24) is 20.4 Å². The molecule has 0 saturated carbocycles. The first-order chi connectivity index (χ1) is 11.8. The highest BCUT2D eigenvalue weighted by Gasteiger charge is 2.17. The zero-order valence-corrected chi connectivity index (χ0v) is 14.8. The molecule has 0 spiro atoms. The van der Waals surface area contributed by atoms with Crippen molar-refractivity contribution in [3.05, 3.63) is 38.8 Å². The predicted molar refractivity (Wildman–Crippen MR) is 95.3 cm³/mol. The van der Waals surface area contributed by atoms with Crippen molar-refractivity contribution in [3.8, 4) is 0 Å². The van der Waals surface area contributed by atoms with Gasteiger partial charge in [-0.05, 0) is 56.3 Å². The minimum Gasteiger partial charge on any atom is -0.346 e. The second kappa shape index (κ2) is 7.07. The van der Waals surface area contributed by atoms with Gasteiger partial charge in [-0.2, -0.15) is 5.10 Å². The third-order valence-corrected chi connectivity index (χ3v) is 6.08. The fraction of sp³-hybridized carbons (Fsp3) is 0.556. The van der Waals surface area contributed by atoms with Crippen LogP contribution >= 0.6 is 11.3 Å². The van der Waals surface area contributed by atoms with Crippen molar-refractivity contribution in [2.24, 2.45) is 0 Å². The molecule has 5 nitrogen and oxygen atoms in total. The third-order valence-electron chi connectivity index (χ3n) is 4.84. The third kappa shape index (κ3) is 3.39. The lowest BCUT2D eigenvalue weighted by molar-refractivity contribution is 0.0954. The molecule has 0 fully saturated rings. The van der Waals surface area contributed by atoms with Gasteiger partial charge in [0.15, 0.2) is 0 Å². The molecule has 0 unspecified atom stereocenters. The number of nitrogens with zero attached hydrogens (tertiary/aromatic N) is 2. The molecule has 0 atom stereocenters. The summed E-state index contributed by atoms with van der Waals surface area (Å²) < 4.78 is 2.06. The summed E-state index contributed by atoms with van der Waals surface area (Å²) >= 11 is 1.67.